The van der Waals surface area contributed by atoms with Crippen molar-refractivity contribution in [3.05, 3.63) is 95.5 Å². The maximum absolute atomic E-state index is 13.1. The van der Waals surface area contributed by atoms with Crippen LogP contribution < -0.4 is 5.32 Å². The molecule has 8 heteroatoms. The third kappa shape index (κ3) is 4.40. The molecule has 0 saturated heterocycles. The highest BCUT2D eigenvalue weighted by Gasteiger charge is 2.21. The fraction of sp³-hybridized carbons (Fsp3) is 0.0870. The zero-order valence-electron chi connectivity index (χ0n) is 16.4. The number of furan rings is 1. The number of rotatable bonds is 7. The topological polar surface area (TPSA) is 73.0 Å². The molecule has 1 aromatic carbocycles. The molecule has 0 atom stereocenters. The van der Waals surface area contributed by atoms with E-state index >= 15 is 0 Å². The Labute approximate surface area is 186 Å². The number of carbonyl (C=O) groups excluding carboxylic acids is 1. The van der Waals surface area contributed by atoms with Crippen LogP contribution in [-0.2, 0) is 12.3 Å². The van der Waals surface area contributed by atoms with Crippen molar-refractivity contribution >= 4 is 45.8 Å². The Bertz CT molecular complexity index is 1310. The molecule has 0 bridgehead atoms. The normalized spacial score (nSPS) is 11.1. The van der Waals surface area contributed by atoms with Gasteiger partial charge in [0.25, 0.3) is 5.91 Å². The van der Waals surface area contributed by atoms with Gasteiger partial charge < -0.3 is 9.73 Å². The lowest BCUT2D eigenvalue weighted by atomic mass is 10.1. The number of amides is 1. The van der Waals surface area contributed by atoms with Gasteiger partial charge in [0.1, 0.15) is 5.58 Å². The van der Waals surface area contributed by atoms with Crippen LogP contribution in [0.4, 0.5) is 5.82 Å². The molecule has 4 heterocycles. The molecule has 0 radical (unpaired) electrons. The lowest BCUT2D eigenvalue weighted by Gasteiger charge is -2.04. The summed E-state index contributed by atoms with van der Waals surface area (Å²) in [6, 6.07) is 17.5. The molecule has 154 valence electrons. The third-order valence-electron chi connectivity index (χ3n) is 4.73. The van der Waals surface area contributed by atoms with Gasteiger partial charge in [-0.1, -0.05) is 24.3 Å². The van der Waals surface area contributed by atoms with Crippen molar-refractivity contribution < 1.29 is 9.21 Å². The number of hydrogen-bond acceptors (Lipinski definition) is 6. The van der Waals surface area contributed by atoms with Gasteiger partial charge in [-0.15, -0.1) is 23.1 Å². The lowest BCUT2D eigenvalue weighted by molar-refractivity contribution is 0.0997. The van der Waals surface area contributed by atoms with Crippen LogP contribution in [0.25, 0.3) is 11.0 Å². The molecule has 31 heavy (non-hydrogen) atoms. The Balaban J connectivity index is 1.36. The number of pyridine rings is 1. The minimum absolute atomic E-state index is 0.299. The average molecular weight is 447 g/mol. The van der Waals surface area contributed by atoms with Crippen LogP contribution in [0.15, 0.2) is 87.2 Å². The molecule has 4 aromatic heterocycles. The van der Waals surface area contributed by atoms with Crippen molar-refractivity contribution in [1.82, 2.24) is 14.8 Å². The van der Waals surface area contributed by atoms with Crippen LogP contribution in [0, 0.1) is 0 Å². The molecular formula is C23H18N4O2S2. The summed E-state index contributed by atoms with van der Waals surface area (Å²) in [5, 5.41) is 10.3. The van der Waals surface area contributed by atoms with Gasteiger partial charge in [-0.05, 0) is 35.2 Å². The maximum Gasteiger partial charge on any atom is 0.292 e. The van der Waals surface area contributed by atoms with Crippen molar-refractivity contribution in [2.75, 3.05) is 5.32 Å². The van der Waals surface area contributed by atoms with E-state index in [-0.39, 0.29) is 5.91 Å². The minimum atomic E-state index is -0.299. The van der Waals surface area contributed by atoms with Crippen LogP contribution in [0.3, 0.4) is 0 Å². The summed E-state index contributed by atoms with van der Waals surface area (Å²) < 4.78 is 8.92. The van der Waals surface area contributed by atoms with Crippen molar-refractivity contribution in [2.45, 2.75) is 16.5 Å². The highest BCUT2D eigenvalue weighted by molar-refractivity contribution is 8.00. The number of fused-ring (bicyclic) bond motifs is 1. The van der Waals surface area contributed by atoms with Crippen molar-refractivity contribution in [1.29, 1.82) is 0 Å². The number of nitrogens with zero attached hydrogens (tertiary/aromatic N) is 3. The first-order chi connectivity index (χ1) is 15.3. The van der Waals surface area contributed by atoms with Crippen molar-refractivity contribution in [3.63, 3.8) is 0 Å². The molecule has 0 fully saturated rings. The fourth-order valence-corrected chi connectivity index (χ4v) is 5.09. The molecular weight excluding hydrogens is 428 g/mol. The van der Waals surface area contributed by atoms with E-state index in [1.807, 2.05) is 54.0 Å². The Morgan fingerprint density at radius 1 is 1.10 bits per heavy atom. The number of benzene rings is 1. The lowest BCUT2D eigenvalue weighted by Crippen LogP contribution is -2.13. The first kappa shape index (κ1) is 19.6. The third-order valence-corrected chi connectivity index (χ3v) is 6.89. The van der Waals surface area contributed by atoms with Gasteiger partial charge in [0.2, 0.25) is 0 Å². The fourth-order valence-electron chi connectivity index (χ4n) is 3.28. The predicted octanol–water partition coefficient (Wildman–Crippen LogP) is 5.68. The van der Waals surface area contributed by atoms with E-state index in [1.165, 1.54) is 4.21 Å². The van der Waals surface area contributed by atoms with Gasteiger partial charge in [0.05, 0.1) is 10.8 Å². The highest BCUT2D eigenvalue weighted by Crippen LogP contribution is 2.34. The van der Waals surface area contributed by atoms with Gasteiger partial charge in [-0.25, -0.2) is 0 Å². The number of nitrogens with one attached hydrogen (secondary N) is 1. The number of thioether (sulfide) groups is 1. The van der Waals surface area contributed by atoms with E-state index in [4.69, 9.17) is 4.42 Å². The van der Waals surface area contributed by atoms with Gasteiger partial charge in [0.15, 0.2) is 11.6 Å². The second-order valence-electron chi connectivity index (χ2n) is 6.83. The Hall–Kier alpha value is -3.36. The summed E-state index contributed by atoms with van der Waals surface area (Å²) in [6.45, 7) is 0.603. The summed E-state index contributed by atoms with van der Waals surface area (Å²) in [5.41, 5.74) is 2.68. The standard InChI is InChI=1S/C23H18N4O2S2/c28-23(25-20-9-12-27(26-20)14-16-7-10-24-11-8-16)22-18(15-31-21-6-3-13-30-21)17-4-1-2-5-19(17)29-22/h1-13H,14-15H2,(H,25,26,28). The number of aromatic nitrogens is 3. The van der Waals surface area contributed by atoms with Crippen LogP contribution in [0.5, 0.6) is 0 Å². The molecule has 0 aliphatic carbocycles. The first-order valence-corrected chi connectivity index (χ1v) is 11.5. The summed E-state index contributed by atoms with van der Waals surface area (Å²) in [5.74, 6) is 1.16. The zero-order valence-corrected chi connectivity index (χ0v) is 18.0. The van der Waals surface area contributed by atoms with Crippen LogP contribution in [0.1, 0.15) is 21.7 Å². The molecule has 0 unspecified atom stereocenters. The van der Waals surface area contributed by atoms with E-state index in [1.54, 1.807) is 46.2 Å². The molecule has 1 amide bonds. The molecule has 6 nitrogen and oxygen atoms in total. The second-order valence-corrected chi connectivity index (χ2v) is 9.06. The summed E-state index contributed by atoms with van der Waals surface area (Å²) >= 11 is 3.38. The monoisotopic (exact) mass is 446 g/mol. The number of carbonyl (C=O) groups is 1. The summed E-state index contributed by atoms with van der Waals surface area (Å²) in [7, 11) is 0. The molecule has 0 spiro atoms. The van der Waals surface area contributed by atoms with Crippen molar-refractivity contribution in [3.8, 4) is 0 Å². The van der Waals surface area contributed by atoms with Crippen LogP contribution >= 0.6 is 23.1 Å². The predicted molar refractivity (Wildman–Crippen MR) is 124 cm³/mol. The first-order valence-electron chi connectivity index (χ1n) is 9.67. The second kappa shape index (κ2) is 8.79. The van der Waals surface area contributed by atoms with Crippen LogP contribution in [-0.4, -0.2) is 20.7 Å². The Kier molecular flexibility index (Phi) is 5.56. The van der Waals surface area contributed by atoms with Gasteiger partial charge in [0, 0.05) is 41.4 Å². The molecule has 5 rings (SSSR count). The number of thiophene rings is 1. The smallest absolute Gasteiger partial charge is 0.292 e. The molecule has 1 N–H and O–H groups in total. The Morgan fingerprint density at radius 3 is 2.81 bits per heavy atom. The average Bonchev–Trinajstić information content (AvgIpc) is 3.53. The van der Waals surface area contributed by atoms with E-state index < -0.39 is 0 Å². The molecule has 0 aliphatic heterocycles. The van der Waals surface area contributed by atoms with Gasteiger partial charge >= 0.3 is 0 Å². The Morgan fingerprint density at radius 2 is 1.97 bits per heavy atom. The zero-order chi connectivity index (χ0) is 21.0. The number of para-hydroxylation sites is 1. The minimum Gasteiger partial charge on any atom is -0.451 e. The summed E-state index contributed by atoms with van der Waals surface area (Å²) in [6.07, 6.45) is 5.33. The molecule has 5 aromatic rings. The van der Waals surface area contributed by atoms with Gasteiger partial charge in [-0.3, -0.25) is 14.5 Å². The van der Waals surface area contributed by atoms with E-state index in [0.717, 1.165) is 16.5 Å². The number of hydrogen-bond donors (Lipinski definition) is 1. The largest absolute Gasteiger partial charge is 0.451 e. The quantitative estimate of drug-likeness (QED) is 0.326. The van der Waals surface area contributed by atoms with Crippen molar-refractivity contribution in [2.24, 2.45) is 0 Å². The molecule has 0 saturated carbocycles. The number of anilines is 1. The van der Waals surface area contributed by atoms with Gasteiger partial charge in [-0.2, -0.15) is 5.10 Å². The van der Waals surface area contributed by atoms with E-state index in [2.05, 4.69) is 21.5 Å². The summed E-state index contributed by atoms with van der Waals surface area (Å²) in [4.78, 5) is 17.1. The highest BCUT2D eigenvalue weighted by atomic mass is 32.2. The maximum atomic E-state index is 13.1. The van der Waals surface area contributed by atoms with E-state index in [9.17, 15) is 4.79 Å². The van der Waals surface area contributed by atoms with Crippen LogP contribution in [0.2, 0.25) is 0 Å². The van der Waals surface area contributed by atoms with E-state index in [0.29, 0.717) is 29.5 Å². The SMILES string of the molecule is O=C(Nc1ccn(Cc2ccncc2)n1)c1oc2ccccc2c1CSc1cccs1. The molecule has 0 aliphatic rings.